The third-order valence-corrected chi connectivity index (χ3v) is 1.54. The minimum absolute atomic E-state index is 0.209. The summed E-state index contributed by atoms with van der Waals surface area (Å²) in [5.74, 6) is -1.31. The van der Waals surface area contributed by atoms with Gasteiger partial charge in [-0.25, -0.2) is 0 Å². The molecule has 0 saturated carbocycles. The number of nitrogens with two attached hydrogens (primary N) is 1. The molecular formula is C7H10N4O3. The van der Waals surface area contributed by atoms with Crippen molar-refractivity contribution in [2.24, 2.45) is 5.73 Å². The summed E-state index contributed by atoms with van der Waals surface area (Å²) in [6, 6.07) is 0. The second-order valence-electron chi connectivity index (χ2n) is 2.62. The van der Waals surface area contributed by atoms with Gasteiger partial charge in [0.05, 0.1) is 18.3 Å². The van der Waals surface area contributed by atoms with Gasteiger partial charge >= 0.3 is 0 Å². The number of nitrogens with zero attached hydrogens (tertiary/aromatic N) is 1. The Labute approximate surface area is 79.3 Å². The van der Waals surface area contributed by atoms with Crippen LogP contribution in [0.25, 0.3) is 0 Å². The van der Waals surface area contributed by atoms with Crippen molar-refractivity contribution in [3.05, 3.63) is 18.0 Å². The van der Waals surface area contributed by atoms with Gasteiger partial charge in [0.25, 0.3) is 5.91 Å². The number of hydrogen-bond donors (Lipinski definition) is 4. The summed E-state index contributed by atoms with van der Waals surface area (Å²) in [7, 11) is 0. The Morgan fingerprint density at radius 3 is 2.93 bits per heavy atom. The van der Waals surface area contributed by atoms with E-state index in [1.54, 1.807) is 0 Å². The molecule has 1 aromatic heterocycles. The first-order valence-corrected chi connectivity index (χ1v) is 3.85. The Morgan fingerprint density at radius 2 is 2.43 bits per heavy atom. The summed E-state index contributed by atoms with van der Waals surface area (Å²) in [4.78, 5) is 21.6. The van der Waals surface area contributed by atoms with Crippen molar-refractivity contribution in [3.63, 3.8) is 0 Å². The zero-order chi connectivity index (χ0) is 10.6. The number of amides is 2. The SMILES string of the molecule is NC(=O)C(O)CNC(=O)c1cn[nH]c1. The van der Waals surface area contributed by atoms with Crippen molar-refractivity contribution >= 4 is 11.8 Å². The second kappa shape index (κ2) is 4.38. The summed E-state index contributed by atoms with van der Waals surface area (Å²) >= 11 is 0. The topological polar surface area (TPSA) is 121 Å². The van der Waals surface area contributed by atoms with Crippen LogP contribution < -0.4 is 11.1 Å². The number of aliphatic hydroxyl groups is 1. The number of aromatic amines is 1. The van der Waals surface area contributed by atoms with E-state index in [4.69, 9.17) is 10.8 Å². The van der Waals surface area contributed by atoms with Crippen LogP contribution in [0.2, 0.25) is 0 Å². The van der Waals surface area contributed by atoms with Gasteiger partial charge in [-0.3, -0.25) is 14.7 Å². The molecule has 0 bridgehead atoms. The molecule has 0 aliphatic carbocycles. The number of aliphatic hydroxyl groups excluding tert-OH is 1. The predicted molar refractivity (Wildman–Crippen MR) is 46.1 cm³/mol. The molecule has 0 aliphatic heterocycles. The van der Waals surface area contributed by atoms with Crippen LogP contribution in [0.5, 0.6) is 0 Å². The first-order valence-electron chi connectivity index (χ1n) is 3.85. The number of primary amides is 1. The van der Waals surface area contributed by atoms with E-state index in [0.717, 1.165) is 0 Å². The van der Waals surface area contributed by atoms with E-state index in [0.29, 0.717) is 5.56 Å². The number of H-pyrrole nitrogens is 1. The minimum atomic E-state index is -1.37. The quantitative estimate of drug-likeness (QED) is 0.446. The van der Waals surface area contributed by atoms with E-state index >= 15 is 0 Å². The Kier molecular flexibility index (Phi) is 3.19. The maximum Gasteiger partial charge on any atom is 0.254 e. The highest BCUT2D eigenvalue weighted by atomic mass is 16.3. The lowest BCUT2D eigenvalue weighted by Gasteiger charge is -2.06. The van der Waals surface area contributed by atoms with E-state index in [1.165, 1.54) is 12.4 Å². The number of nitrogens with one attached hydrogen (secondary N) is 2. The van der Waals surface area contributed by atoms with Crippen LogP contribution >= 0.6 is 0 Å². The fourth-order valence-corrected chi connectivity index (χ4v) is 0.767. The van der Waals surface area contributed by atoms with Gasteiger partial charge in [-0.2, -0.15) is 5.10 Å². The first kappa shape index (κ1) is 10.2. The van der Waals surface area contributed by atoms with Crippen molar-refractivity contribution in [1.29, 1.82) is 0 Å². The molecule has 1 heterocycles. The van der Waals surface area contributed by atoms with E-state index in [9.17, 15) is 9.59 Å². The first-order chi connectivity index (χ1) is 6.61. The van der Waals surface area contributed by atoms with Crippen LogP contribution in [0.1, 0.15) is 10.4 Å². The Balaban J connectivity index is 2.40. The van der Waals surface area contributed by atoms with E-state index in [-0.39, 0.29) is 6.54 Å². The van der Waals surface area contributed by atoms with Crippen LogP contribution in [-0.4, -0.2) is 39.8 Å². The zero-order valence-electron chi connectivity index (χ0n) is 7.23. The highest BCUT2D eigenvalue weighted by Gasteiger charge is 2.13. The highest BCUT2D eigenvalue weighted by molar-refractivity contribution is 5.94. The van der Waals surface area contributed by atoms with Gasteiger partial charge in [-0.1, -0.05) is 0 Å². The van der Waals surface area contributed by atoms with Gasteiger partial charge in [-0.05, 0) is 0 Å². The fraction of sp³-hybridized carbons (Fsp3) is 0.286. The number of carbonyl (C=O) groups excluding carboxylic acids is 2. The molecule has 2 amide bonds. The molecule has 0 saturated heterocycles. The average Bonchev–Trinajstić information content (AvgIpc) is 2.66. The van der Waals surface area contributed by atoms with E-state index in [2.05, 4.69) is 15.5 Å². The summed E-state index contributed by atoms with van der Waals surface area (Å²) in [5.41, 5.74) is 5.10. The lowest BCUT2D eigenvalue weighted by atomic mass is 10.3. The summed E-state index contributed by atoms with van der Waals surface area (Å²) < 4.78 is 0. The molecule has 0 aromatic carbocycles. The normalized spacial score (nSPS) is 12.1. The standard InChI is InChI=1S/C7H10N4O3/c8-6(13)5(12)3-9-7(14)4-1-10-11-2-4/h1-2,5,12H,3H2,(H2,8,13)(H,9,14)(H,10,11). The van der Waals surface area contributed by atoms with E-state index in [1.807, 2.05) is 0 Å². The average molecular weight is 198 g/mol. The number of rotatable bonds is 4. The molecule has 0 spiro atoms. The van der Waals surface area contributed by atoms with Crippen LogP contribution in [0.15, 0.2) is 12.4 Å². The number of hydrogen-bond acceptors (Lipinski definition) is 4. The van der Waals surface area contributed by atoms with Crippen LogP contribution in [0, 0.1) is 0 Å². The molecule has 76 valence electrons. The summed E-state index contributed by atoms with van der Waals surface area (Å²) in [6.45, 7) is -0.209. The molecule has 0 aliphatic rings. The second-order valence-corrected chi connectivity index (χ2v) is 2.62. The summed E-state index contributed by atoms with van der Waals surface area (Å²) in [6.07, 6.45) is 1.35. The number of carbonyl (C=O) groups is 2. The van der Waals surface area contributed by atoms with Crippen LogP contribution in [-0.2, 0) is 4.79 Å². The third kappa shape index (κ3) is 2.56. The largest absolute Gasteiger partial charge is 0.381 e. The minimum Gasteiger partial charge on any atom is -0.381 e. The Hall–Kier alpha value is -1.89. The van der Waals surface area contributed by atoms with Gasteiger partial charge in [0.15, 0.2) is 0 Å². The van der Waals surface area contributed by atoms with Crippen molar-refractivity contribution in [1.82, 2.24) is 15.5 Å². The maximum atomic E-state index is 11.2. The highest BCUT2D eigenvalue weighted by Crippen LogP contribution is 1.92. The molecule has 1 unspecified atom stereocenters. The molecule has 0 fully saturated rings. The number of aromatic nitrogens is 2. The maximum absolute atomic E-state index is 11.2. The molecule has 1 aromatic rings. The van der Waals surface area contributed by atoms with Crippen molar-refractivity contribution in [2.75, 3.05) is 6.54 Å². The Bertz CT molecular complexity index is 322. The van der Waals surface area contributed by atoms with Crippen LogP contribution in [0.4, 0.5) is 0 Å². The molecular weight excluding hydrogens is 188 g/mol. The monoisotopic (exact) mass is 198 g/mol. The van der Waals surface area contributed by atoms with Gasteiger partial charge in [0, 0.05) is 6.20 Å². The lowest BCUT2D eigenvalue weighted by Crippen LogP contribution is -2.39. The lowest BCUT2D eigenvalue weighted by molar-refractivity contribution is -0.125. The van der Waals surface area contributed by atoms with Gasteiger partial charge < -0.3 is 16.2 Å². The smallest absolute Gasteiger partial charge is 0.254 e. The fourth-order valence-electron chi connectivity index (χ4n) is 0.767. The van der Waals surface area contributed by atoms with Gasteiger partial charge in [0.1, 0.15) is 6.10 Å². The van der Waals surface area contributed by atoms with Gasteiger partial charge in [-0.15, -0.1) is 0 Å². The third-order valence-electron chi connectivity index (χ3n) is 1.54. The van der Waals surface area contributed by atoms with Crippen LogP contribution in [0.3, 0.4) is 0 Å². The van der Waals surface area contributed by atoms with Crippen molar-refractivity contribution in [3.8, 4) is 0 Å². The van der Waals surface area contributed by atoms with E-state index < -0.39 is 17.9 Å². The molecule has 7 heteroatoms. The van der Waals surface area contributed by atoms with Gasteiger partial charge in [0.2, 0.25) is 5.91 Å². The predicted octanol–water partition coefficient (Wildman–Crippen LogP) is -2.01. The zero-order valence-corrected chi connectivity index (χ0v) is 7.23. The molecule has 1 rings (SSSR count). The molecule has 0 radical (unpaired) electrons. The van der Waals surface area contributed by atoms with Crippen molar-refractivity contribution < 1.29 is 14.7 Å². The molecule has 7 nitrogen and oxygen atoms in total. The summed E-state index contributed by atoms with van der Waals surface area (Å²) in [5, 5.41) is 17.3. The van der Waals surface area contributed by atoms with Crippen molar-refractivity contribution in [2.45, 2.75) is 6.10 Å². The molecule has 5 N–H and O–H groups in total. The molecule has 14 heavy (non-hydrogen) atoms. The molecule has 1 atom stereocenters. The Morgan fingerprint density at radius 1 is 1.71 bits per heavy atom.